The van der Waals surface area contributed by atoms with Crippen molar-refractivity contribution in [3.63, 3.8) is 0 Å². The number of amides is 2. The zero-order valence-corrected chi connectivity index (χ0v) is 29.6. The molecule has 4 aromatic rings. The van der Waals surface area contributed by atoms with Crippen molar-refractivity contribution in [1.82, 2.24) is 10.6 Å². The van der Waals surface area contributed by atoms with E-state index >= 15 is 0 Å². The van der Waals surface area contributed by atoms with Gasteiger partial charge >= 0.3 is 0 Å². The standard InChI is InChI=1S/C38H42F3N3O6S/c1-24(37(46)42-21-26-10-12-31(39)13-11-26)14-36(45)35(23-50-22-27-15-32(40)20-33(41)16-27)43-38(47)30-17-29(25(2)28-8-6-5-7-9-28)18-34(19-30)44(3)51(4,48)49/h5-13,15-20,24-25,35-36,45H,14,21-23H2,1-4H3,(H,42,46)(H,43,47)/t24-,25?,35+,36+/m1/s1. The van der Waals surface area contributed by atoms with Crippen molar-refractivity contribution < 1.29 is 41.0 Å². The molecule has 51 heavy (non-hydrogen) atoms. The molecular weight excluding hydrogens is 683 g/mol. The molecule has 1 unspecified atom stereocenters. The molecule has 4 aromatic carbocycles. The molecule has 272 valence electrons. The fourth-order valence-corrected chi connectivity index (χ4v) is 5.91. The molecule has 9 nitrogen and oxygen atoms in total. The molecular formula is C38H42F3N3O6S. The van der Waals surface area contributed by atoms with Crippen LogP contribution >= 0.6 is 0 Å². The molecule has 4 rings (SSSR count). The lowest BCUT2D eigenvalue weighted by Gasteiger charge is -2.27. The highest BCUT2D eigenvalue weighted by molar-refractivity contribution is 7.92. The summed E-state index contributed by atoms with van der Waals surface area (Å²) in [5.41, 5.74) is 2.81. The summed E-state index contributed by atoms with van der Waals surface area (Å²) in [7, 11) is -2.32. The van der Waals surface area contributed by atoms with E-state index in [-0.39, 0.29) is 48.9 Å². The van der Waals surface area contributed by atoms with Gasteiger partial charge in [-0.25, -0.2) is 21.6 Å². The minimum Gasteiger partial charge on any atom is -0.391 e. The summed E-state index contributed by atoms with van der Waals surface area (Å²) in [6, 6.07) is 21.7. The summed E-state index contributed by atoms with van der Waals surface area (Å²) in [6.45, 7) is 3.12. The molecule has 0 aliphatic carbocycles. The molecule has 0 fully saturated rings. The molecule has 0 saturated heterocycles. The minimum atomic E-state index is -3.70. The van der Waals surface area contributed by atoms with Crippen LogP contribution in [0.3, 0.4) is 0 Å². The van der Waals surface area contributed by atoms with Crippen LogP contribution in [0.15, 0.2) is 91.0 Å². The highest BCUT2D eigenvalue weighted by atomic mass is 32.2. The van der Waals surface area contributed by atoms with Gasteiger partial charge in [-0.2, -0.15) is 0 Å². The first-order valence-corrected chi connectivity index (χ1v) is 18.1. The number of carbonyl (C=O) groups excluding carboxylic acids is 2. The van der Waals surface area contributed by atoms with Crippen molar-refractivity contribution in [2.75, 3.05) is 24.2 Å². The number of hydrogen-bond acceptors (Lipinski definition) is 6. The molecule has 0 aliphatic rings. The number of hydrogen-bond donors (Lipinski definition) is 3. The van der Waals surface area contributed by atoms with Crippen molar-refractivity contribution in [1.29, 1.82) is 0 Å². The number of sulfonamides is 1. The molecule has 2 amide bonds. The Balaban J connectivity index is 1.57. The van der Waals surface area contributed by atoms with E-state index in [1.807, 2.05) is 37.3 Å². The Bertz CT molecular complexity index is 1890. The van der Waals surface area contributed by atoms with E-state index in [0.717, 1.165) is 34.3 Å². The number of carbonyl (C=O) groups is 2. The van der Waals surface area contributed by atoms with E-state index < -0.39 is 57.4 Å². The first kappa shape index (κ1) is 39.1. The third-order valence-corrected chi connectivity index (χ3v) is 9.76. The van der Waals surface area contributed by atoms with E-state index in [2.05, 4.69) is 10.6 Å². The SMILES string of the molecule is CC(c1ccccc1)c1cc(C(=O)N[C@@H](COCc2cc(F)cc(F)c2)[C@@H](O)C[C@@H](C)C(=O)NCc2ccc(F)cc2)cc(N(C)S(C)(=O)=O)c1. The van der Waals surface area contributed by atoms with E-state index in [0.29, 0.717) is 11.1 Å². The molecule has 0 saturated carbocycles. The van der Waals surface area contributed by atoms with Gasteiger partial charge in [0.25, 0.3) is 5.91 Å². The third kappa shape index (κ3) is 11.4. The number of nitrogens with one attached hydrogen (secondary N) is 2. The molecule has 3 N–H and O–H groups in total. The van der Waals surface area contributed by atoms with Crippen LogP contribution in [0, 0.1) is 23.4 Å². The topological polar surface area (TPSA) is 125 Å². The van der Waals surface area contributed by atoms with Crippen molar-refractivity contribution in [3.8, 4) is 0 Å². The zero-order valence-electron chi connectivity index (χ0n) is 28.8. The number of aliphatic hydroxyl groups excluding tert-OH is 1. The smallest absolute Gasteiger partial charge is 0.251 e. The summed E-state index contributed by atoms with van der Waals surface area (Å²) in [4.78, 5) is 26.8. The quantitative estimate of drug-likeness (QED) is 0.137. The van der Waals surface area contributed by atoms with Crippen molar-refractivity contribution in [2.45, 2.75) is 51.5 Å². The Hall–Kier alpha value is -4.72. The number of ether oxygens (including phenoxy) is 1. The van der Waals surface area contributed by atoms with Crippen LogP contribution in [0.25, 0.3) is 0 Å². The number of halogens is 3. The number of nitrogens with zero attached hydrogens (tertiary/aromatic N) is 1. The summed E-state index contributed by atoms with van der Waals surface area (Å²) in [6.07, 6.45) is -0.384. The maximum atomic E-state index is 13.9. The van der Waals surface area contributed by atoms with Crippen LogP contribution in [-0.4, -0.2) is 57.4 Å². The van der Waals surface area contributed by atoms with Gasteiger partial charge in [0.2, 0.25) is 15.9 Å². The van der Waals surface area contributed by atoms with Gasteiger partial charge < -0.3 is 20.5 Å². The fourth-order valence-electron chi connectivity index (χ4n) is 5.42. The number of rotatable bonds is 16. The average molecular weight is 726 g/mol. The Morgan fingerprint density at radius 3 is 2.12 bits per heavy atom. The summed E-state index contributed by atoms with van der Waals surface area (Å²) >= 11 is 0. The number of aliphatic hydroxyl groups is 1. The maximum Gasteiger partial charge on any atom is 0.251 e. The van der Waals surface area contributed by atoms with Gasteiger partial charge in [0.15, 0.2) is 0 Å². The Labute approximate surface area is 296 Å². The van der Waals surface area contributed by atoms with E-state index in [1.165, 1.54) is 37.4 Å². The molecule has 0 heterocycles. The highest BCUT2D eigenvalue weighted by Crippen LogP contribution is 2.30. The van der Waals surface area contributed by atoms with Crippen molar-refractivity contribution in [3.05, 3.63) is 136 Å². The number of benzene rings is 4. The largest absolute Gasteiger partial charge is 0.391 e. The van der Waals surface area contributed by atoms with E-state index in [1.54, 1.807) is 19.1 Å². The molecule has 4 atom stereocenters. The minimum absolute atomic E-state index is 0.106. The summed E-state index contributed by atoms with van der Waals surface area (Å²) in [5, 5.41) is 16.9. The van der Waals surface area contributed by atoms with Crippen LogP contribution in [0.4, 0.5) is 18.9 Å². The monoisotopic (exact) mass is 725 g/mol. The number of anilines is 1. The van der Waals surface area contributed by atoms with Crippen LogP contribution in [0.5, 0.6) is 0 Å². The Morgan fingerprint density at radius 2 is 1.49 bits per heavy atom. The third-order valence-electron chi connectivity index (χ3n) is 8.56. The van der Waals surface area contributed by atoms with Gasteiger partial charge in [-0.1, -0.05) is 56.3 Å². The first-order chi connectivity index (χ1) is 24.1. The molecule has 0 bridgehead atoms. The lowest BCUT2D eigenvalue weighted by Crippen LogP contribution is -2.48. The fraction of sp³-hybridized carbons (Fsp3) is 0.316. The second-order valence-corrected chi connectivity index (χ2v) is 14.6. The predicted molar refractivity (Wildman–Crippen MR) is 189 cm³/mol. The van der Waals surface area contributed by atoms with E-state index in [4.69, 9.17) is 4.74 Å². The average Bonchev–Trinajstić information content (AvgIpc) is 3.09. The van der Waals surface area contributed by atoms with Gasteiger partial charge in [-0.05, 0) is 71.1 Å². The van der Waals surface area contributed by atoms with Crippen molar-refractivity contribution >= 4 is 27.5 Å². The Morgan fingerprint density at radius 1 is 0.843 bits per heavy atom. The zero-order chi connectivity index (χ0) is 37.3. The first-order valence-electron chi connectivity index (χ1n) is 16.3. The van der Waals surface area contributed by atoms with Crippen LogP contribution in [0.1, 0.15) is 58.8 Å². The molecule has 0 aliphatic heterocycles. The summed E-state index contributed by atoms with van der Waals surface area (Å²) < 4.78 is 72.6. The van der Waals surface area contributed by atoms with E-state index in [9.17, 15) is 36.3 Å². The Kier molecular flexibility index (Phi) is 13.4. The molecule has 13 heteroatoms. The van der Waals surface area contributed by atoms with Gasteiger partial charge in [0.1, 0.15) is 17.5 Å². The van der Waals surface area contributed by atoms with Gasteiger partial charge in [0, 0.05) is 37.1 Å². The maximum absolute atomic E-state index is 13.9. The lowest BCUT2D eigenvalue weighted by atomic mass is 9.91. The van der Waals surface area contributed by atoms with Gasteiger partial charge in [0.05, 0.1) is 37.3 Å². The molecule has 0 aromatic heterocycles. The normalized spacial score (nSPS) is 13.9. The van der Waals surface area contributed by atoms with Gasteiger partial charge in [-0.15, -0.1) is 0 Å². The predicted octanol–water partition coefficient (Wildman–Crippen LogP) is 5.67. The molecule has 0 spiro atoms. The second-order valence-electron chi connectivity index (χ2n) is 12.6. The highest BCUT2D eigenvalue weighted by Gasteiger charge is 2.28. The van der Waals surface area contributed by atoms with Crippen LogP contribution in [0.2, 0.25) is 0 Å². The molecule has 0 radical (unpaired) electrons. The van der Waals surface area contributed by atoms with Gasteiger partial charge in [-0.3, -0.25) is 13.9 Å². The summed E-state index contributed by atoms with van der Waals surface area (Å²) in [5.74, 6) is -4.00. The van der Waals surface area contributed by atoms with Crippen molar-refractivity contribution in [2.24, 2.45) is 5.92 Å². The lowest BCUT2D eigenvalue weighted by molar-refractivity contribution is -0.125. The van der Waals surface area contributed by atoms with Crippen LogP contribution < -0.4 is 14.9 Å². The van der Waals surface area contributed by atoms with Crippen LogP contribution in [-0.2, 0) is 32.7 Å². The second kappa shape index (κ2) is 17.5.